The van der Waals surface area contributed by atoms with Crippen molar-refractivity contribution in [1.29, 1.82) is 0 Å². The van der Waals surface area contributed by atoms with Gasteiger partial charge in [0.2, 0.25) is 35.4 Å². The summed E-state index contributed by atoms with van der Waals surface area (Å²) in [7, 11) is -4.33. The topological polar surface area (TPSA) is 287 Å². The molecule has 0 saturated carbocycles. The molecule has 0 aliphatic carbocycles. The first-order chi connectivity index (χ1) is 34.0. The number of hydrogen-bond acceptors (Lipinski definition) is 10. The number of nitrogens with zero attached hydrogens (tertiary/aromatic N) is 1. The van der Waals surface area contributed by atoms with Crippen LogP contribution in [-0.2, 0) is 62.3 Å². The number of hydrogen-bond donors (Lipinski definition) is 8. The van der Waals surface area contributed by atoms with Crippen molar-refractivity contribution < 1.29 is 56.4 Å². The summed E-state index contributed by atoms with van der Waals surface area (Å²) < 4.78 is 32.4. The van der Waals surface area contributed by atoms with E-state index in [1.807, 2.05) is 49.4 Å². The summed E-state index contributed by atoms with van der Waals surface area (Å²) in [6.07, 6.45) is 0.932. The molecule has 5 atom stereocenters. The lowest BCUT2D eigenvalue weighted by Gasteiger charge is -2.31. The predicted octanol–water partition coefficient (Wildman–Crippen LogP) is 4.18. The van der Waals surface area contributed by atoms with Crippen LogP contribution in [0.3, 0.4) is 0 Å². The number of rotatable bonds is 23. The van der Waals surface area contributed by atoms with E-state index >= 15 is 0 Å². The molecule has 0 unspecified atom stereocenters. The number of carbonyl (C=O) groups excluding carboxylic acids is 7. The molecule has 0 aromatic heterocycles. The fourth-order valence-corrected chi connectivity index (χ4v) is 9.17. The zero-order valence-electron chi connectivity index (χ0n) is 41.2. The second-order valence-electron chi connectivity index (χ2n) is 19.1. The predicted molar refractivity (Wildman–Crippen MR) is 270 cm³/mol. The van der Waals surface area contributed by atoms with Gasteiger partial charge in [-0.3, -0.25) is 42.9 Å². The molecule has 0 spiro atoms. The lowest BCUT2D eigenvalue weighted by atomic mass is 9.97. The Morgan fingerprint density at radius 2 is 1.38 bits per heavy atom. The van der Waals surface area contributed by atoms with Crippen molar-refractivity contribution in [3.63, 3.8) is 0 Å². The van der Waals surface area contributed by atoms with Crippen LogP contribution in [0, 0.1) is 0 Å². The van der Waals surface area contributed by atoms with Crippen LogP contribution in [0.25, 0.3) is 10.8 Å². The summed E-state index contributed by atoms with van der Waals surface area (Å²) in [5.41, 5.74) is 1.26. The van der Waals surface area contributed by atoms with E-state index in [-0.39, 0.29) is 68.5 Å². The van der Waals surface area contributed by atoms with Crippen molar-refractivity contribution in [2.45, 2.75) is 134 Å². The number of carboxylic acids is 1. The highest BCUT2D eigenvalue weighted by Gasteiger charge is 2.40. The van der Waals surface area contributed by atoms with Gasteiger partial charge in [-0.1, -0.05) is 86.1 Å². The lowest BCUT2D eigenvalue weighted by molar-refractivity contribution is -0.142. The fourth-order valence-electron chi connectivity index (χ4n) is 8.55. The number of carbonyl (C=O) groups is 8. The normalized spacial score (nSPS) is 15.3. The van der Waals surface area contributed by atoms with Crippen LogP contribution in [0.2, 0.25) is 0 Å². The third-order valence-corrected chi connectivity index (χ3v) is 12.6. The Morgan fingerprint density at radius 1 is 0.736 bits per heavy atom. The van der Waals surface area contributed by atoms with Gasteiger partial charge in [-0.25, -0.2) is 0 Å². The molecule has 72 heavy (non-hydrogen) atoms. The zero-order valence-corrected chi connectivity index (χ0v) is 42.0. The molecule has 386 valence electrons. The molecule has 5 rings (SSSR count). The van der Waals surface area contributed by atoms with Crippen LogP contribution in [0.5, 0.6) is 0 Å². The molecular weight excluding hydrogens is 947 g/mol. The van der Waals surface area contributed by atoms with Gasteiger partial charge in [-0.05, 0) is 98.5 Å². The van der Waals surface area contributed by atoms with E-state index in [0.717, 1.165) is 16.3 Å². The van der Waals surface area contributed by atoms with E-state index in [0.29, 0.717) is 24.1 Å². The van der Waals surface area contributed by atoms with Crippen LogP contribution in [-0.4, -0.2) is 113 Å². The molecule has 1 fully saturated rings. The van der Waals surface area contributed by atoms with Gasteiger partial charge in [0.15, 0.2) is 0 Å². The van der Waals surface area contributed by atoms with Crippen molar-refractivity contribution >= 4 is 73.9 Å². The molecule has 0 bridgehead atoms. The van der Waals surface area contributed by atoms with Crippen LogP contribution in [0.4, 0.5) is 5.69 Å². The quantitative estimate of drug-likeness (QED) is 0.0486. The molecule has 20 heteroatoms. The second kappa shape index (κ2) is 25.3. The molecule has 0 radical (unpaired) electrons. The maximum atomic E-state index is 14.6. The third kappa shape index (κ3) is 17.0. The fraction of sp³-hybridized carbons (Fsp3) is 0.423. The highest BCUT2D eigenvalue weighted by molar-refractivity contribution is 7.85. The maximum Gasteiger partial charge on any atom is 0.303 e. The standard InChI is InChI=1S/C52H65N7O12S/c1-6-13-41(55-47(64)42(28-33-23-25-34(26-24-33)31-72(69,70)71)56-46(63)37-17-10-18-38(29-37)53-32(2)60)51(68)59-27-12-21-44(59)50(67)57-43(30-36-16-9-15-35-14-7-8-19-39(35)36)48(65)54-40(20-11-22-45(61)62)49(66)58-52(3,4)5/h7-10,14-19,23-26,29,40-44H,6,11-13,20-22,27-28,30-31H2,1-5H3,(H,53,60)(H,54,65)(H,55,64)(H,56,63)(H,57,67)(H,58,66)(H,61,62)(H,69,70,71)/t40-,41-,42-,43-,44-/m0/s1. The Hall–Kier alpha value is -7.19. The van der Waals surface area contributed by atoms with Crippen LogP contribution in [0.15, 0.2) is 91.0 Å². The van der Waals surface area contributed by atoms with Gasteiger partial charge in [-0.15, -0.1) is 0 Å². The van der Waals surface area contributed by atoms with Crippen LogP contribution in [0.1, 0.15) is 107 Å². The lowest BCUT2D eigenvalue weighted by Crippen LogP contribution is -2.59. The molecule has 4 aromatic rings. The molecular formula is C52H65N7O12S. The first kappa shape index (κ1) is 55.7. The smallest absolute Gasteiger partial charge is 0.303 e. The Kier molecular flexibility index (Phi) is 19.6. The summed E-state index contributed by atoms with van der Waals surface area (Å²) >= 11 is 0. The van der Waals surface area contributed by atoms with E-state index in [4.69, 9.17) is 0 Å². The van der Waals surface area contributed by atoms with Crippen molar-refractivity contribution in [1.82, 2.24) is 31.5 Å². The number of carboxylic acid groups (broad SMARTS) is 1. The van der Waals surface area contributed by atoms with Crippen LogP contribution >= 0.6 is 0 Å². The largest absolute Gasteiger partial charge is 0.481 e. The van der Waals surface area contributed by atoms with Gasteiger partial charge in [0.25, 0.3) is 16.0 Å². The Morgan fingerprint density at radius 3 is 2.03 bits per heavy atom. The maximum absolute atomic E-state index is 14.6. The molecule has 1 saturated heterocycles. The average molecular weight is 1010 g/mol. The highest BCUT2D eigenvalue weighted by Crippen LogP contribution is 2.23. The van der Waals surface area contributed by atoms with Gasteiger partial charge in [0.1, 0.15) is 36.0 Å². The summed E-state index contributed by atoms with van der Waals surface area (Å²) in [5.74, 6) is -5.93. The minimum absolute atomic E-state index is 0.00396. The van der Waals surface area contributed by atoms with Crippen molar-refractivity contribution in [3.05, 3.63) is 113 Å². The Labute approximate surface area is 419 Å². The SMILES string of the molecule is CCC[C@H](NC(=O)[C@H](Cc1ccc(CS(=O)(=O)O)cc1)NC(=O)c1cccc(NC(C)=O)c1)C(=O)N1CCC[C@H]1C(=O)N[C@@H](Cc1cccc2ccccc12)C(=O)N[C@@H](CCCC(=O)O)C(=O)NC(C)(C)C. The summed E-state index contributed by atoms with van der Waals surface area (Å²) in [5, 5.41) is 27.7. The van der Waals surface area contributed by atoms with Crippen molar-refractivity contribution in [3.8, 4) is 0 Å². The summed E-state index contributed by atoms with van der Waals surface area (Å²) in [6.45, 7) is 8.57. The Bertz CT molecular complexity index is 2740. The summed E-state index contributed by atoms with van der Waals surface area (Å²) in [6, 6.07) is 19.2. The molecule has 19 nitrogen and oxygen atoms in total. The molecule has 4 aromatic carbocycles. The monoisotopic (exact) mass is 1010 g/mol. The minimum atomic E-state index is -4.33. The van der Waals surface area contributed by atoms with Crippen molar-refractivity contribution in [2.75, 3.05) is 11.9 Å². The minimum Gasteiger partial charge on any atom is -0.481 e. The molecule has 1 aliphatic heterocycles. The van der Waals surface area contributed by atoms with E-state index < -0.39 is 93.0 Å². The molecule has 7 amide bonds. The molecule has 8 N–H and O–H groups in total. The van der Waals surface area contributed by atoms with Gasteiger partial charge in [0.05, 0.1) is 0 Å². The van der Waals surface area contributed by atoms with E-state index in [1.165, 1.54) is 36.1 Å². The van der Waals surface area contributed by atoms with Gasteiger partial charge < -0.3 is 41.9 Å². The first-order valence-corrected chi connectivity index (χ1v) is 25.5. The number of aliphatic carboxylic acids is 1. The number of benzene rings is 4. The van der Waals surface area contributed by atoms with E-state index in [2.05, 4.69) is 31.9 Å². The second-order valence-corrected chi connectivity index (χ2v) is 20.5. The van der Waals surface area contributed by atoms with E-state index in [9.17, 15) is 56.4 Å². The number of amides is 7. The van der Waals surface area contributed by atoms with Crippen molar-refractivity contribution in [2.24, 2.45) is 0 Å². The molecule has 1 aliphatic rings. The number of likely N-dealkylation sites (tertiary alicyclic amines) is 1. The van der Waals surface area contributed by atoms with E-state index in [1.54, 1.807) is 45.0 Å². The van der Waals surface area contributed by atoms with Gasteiger partial charge in [-0.2, -0.15) is 8.42 Å². The number of nitrogens with one attached hydrogen (secondary N) is 6. The number of anilines is 1. The molecule has 1 heterocycles. The third-order valence-electron chi connectivity index (χ3n) is 11.9. The average Bonchev–Trinajstić information content (AvgIpc) is 3.80. The van der Waals surface area contributed by atoms with Crippen LogP contribution < -0.4 is 31.9 Å². The summed E-state index contributed by atoms with van der Waals surface area (Å²) in [4.78, 5) is 110. The Balaban J connectivity index is 1.40. The zero-order chi connectivity index (χ0) is 52.8. The van der Waals surface area contributed by atoms with Gasteiger partial charge in [0, 0.05) is 49.5 Å². The van der Waals surface area contributed by atoms with Gasteiger partial charge >= 0.3 is 5.97 Å². The number of fused-ring (bicyclic) bond motifs is 1. The first-order valence-electron chi connectivity index (χ1n) is 23.9. The highest BCUT2D eigenvalue weighted by atomic mass is 32.2.